The molecule has 2 rings (SSSR count). The standard InChI is InChI=1S/C14H18ClF2N/c1-4-18-13(8-7-14(8,2)3)11-9(15)5-6-10(16)12(11)17/h5-6,8,13,18H,4,7H2,1-3H3. The molecule has 0 aliphatic heterocycles. The van der Waals surface area contributed by atoms with E-state index in [1.807, 2.05) is 6.92 Å². The van der Waals surface area contributed by atoms with Crippen molar-refractivity contribution in [2.24, 2.45) is 11.3 Å². The van der Waals surface area contributed by atoms with Gasteiger partial charge in [-0.3, -0.25) is 0 Å². The number of benzene rings is 1. The van der Waals surface area contributed by atoms with Crippen LogP contribution >= 0.6 is 11.6 Å². The molecule has 1 aliphatic rings. The second-order valence-corrected chi connectivity index (χ2v) is 6.00. The summed E-state index contributed by atoms with van der Waals surface area (Å²) in [4.78, 5) is 0. The first-order valence-corrected chi connectivity index (χ1v) is 6.63. The van der Waals surface area contributed by atoms with Crippen molar-refractivity contribution in [1.29, 1.82) is 0 Å². The third-order valence-electron chi connectivity index (χ3n) is 3.81. The number of hydrogen-bond acceptors (Lipinski definition) is 1. The Hall–Kier alpha value is -0.670. The van der Waals surface area contributed by atoms with E-state index in [0.29, 0.717) is 17.5 Å². The fourth-order valence-corrected chi connectivity index (χ4v) is 2.83. The molecule has 4 heteroatoms. The van der Waals surface area contributed by atoms with E-state index in [0.717, 1.165) is 12.5 Å². The highest BCUT2D eigenvalue weighted by atomic mass is 35.5. The summed E-state index contributed by atoms with van der Waals surface area (Å²) in [5.41, 5.74) is 0.434. The fraction of sp³-hybridized carbons (Fsp3) is 0.571. The van der Waals surface area contributed by atoms with Gasteiger partial charge in [-0.25, -0.2) is 8.78 Å². The Morgan fingerprint density at radius 3 is 2.56 bits per heavy atom. The van der Waals surface area contributed by atoms with Crippen LogP contribution in [0.25, 0.3) is 0 Å². The topological polar surface area (TPSA) is 12.0 Å². The van der Waals surface area contributed by atoms with Gasteiger partial charge in [-0.05, 0) is 36.4 Å². The van der Waals surface area contributed by atoms with Gasteiger partial charge < -0.3 is 5.32 Å². The third kappa shape index (κ3) is 2.39. The highest BCUT2D eigenvalue weighted by Gasteiger charge is 2.51. The Morgan fingerprint density at radius 2 is 2.06 bits per heavy atom. The van der Waals surface area contributed by atoms with E-state index in [1.54, 1.807) is 0 Å². The van der Waals surface area contributed by atoms with Crippen molar-refractivity contribution in [3.8, 4) is 0 Å². The van der Waals surface area contributed by atoms with Crippen LogP contribution in [-0.4, -0.2) is 6.54 Å². The van der Waals surface area contributed by atoms with Crippen LogP contribution in [-0.2, 0) is 0 Å². The molecule has 0 saturated heterocycles. The fourth-order valence-electron chi connectivity index (χ4n) is 2.57. The van der Waals surface area contributed by atoms with Crippen molar-refractivity contribution in [1.82, 2.24) is 5.32 Å². The van der Waals surface area contributed by atoms with Crippen LogP contribution in [0.2, 0.25) is 5.02 Å². The molecule has 0 radical (unpaired) electrons. The molecule has 1 aromatic rings. The normalized spacial score (nSPS) is 22.9. The SMILES string of the molecule is CCNC(c1c(Cl)ccc(F)c1F)C1CC1(C)C. The highest BCUT2D eigenvalue weighted by Crippen LogP contribution is 2.58. The van der Waals surface area contributed by atoms with Crippen LogP contribution < -0.4 is 5.32 Å². The van der Waals surface area contributed by atoms with Gasteiger partial charge in [0.25, 0.3) is 0 Å². The molecule has 1 saturated carbocycles. The highest BCUT2D eigenvalue weighted by molar-refractivity contribution is 6.31. The maximum Gasteiger partial charge on any atom is 0.165 e. The van der Waals surface area contributed by atoms with Gasteiger partial charge in [-0.15, -0.1) is 0 Å². The third-order valence-corrected chi connectivity index (χ3v) is 4.14. The molecule has 0 spiro atoms. The predicted octanol–water partition coefficient (Wildman–Crippen LogP) is 4.31. The molecule has 0 bridgehead atoms. The lowest BCUT2D eigenvalue weighted by atomic mass is 9.96. The molecular weight excluding hydrogens is 256 g/mol. The van der Waals surface area contributed by atoms with E-state index in [1.165, 1.54) is 6.07 Å². The zero-order valence-electron chi connectivity index (χ0n) is 10.9. The lowest BCUT2D eigenvalue weighted by Gasteiger charge is -2.22. The number of hydrogen-bond donors (Lipinski definition) is 1. The average molecular weight is 274 g/mol. The lowest BCUT2D eigenvalue weighted by molar-refractivity contribution is 0.399. The number of nitrogens with one attached hydrogen (secondary N) is 1. The molecule has 100 valence electrons. The Balaban J connectivity index is 2.40. The zero-order valence-corrected chi connectivity index (χ0v) is 11.6. The quantitative estimate of drug-likeness (QED) is 0.806. The van der Waals surface area contributed by atoms with E-state index in [4.69, 9.17) is 11.6 Å². The first-order valence-electron chi connectivity index (χ1n) is 6.25. The summed E-state index contributed by atoms with van der Waals surface area (Å²) in [7, 11) is 0. The van der Waals surface area contributed by atoms with Gasteiger partial charge in [0.1, 0.15) is 0 Å². The van der Waals surface area contributed by atoms with Gasteiger partial charge in [-0.2, -0.15) is 0 Å². The van der Waals surface area contributed by atoms with E-state index in [2.05, 4.69) is 19.2 Å². The molecule has 0 amide bonds. The van der Waals surface area contributed by atoms with Crippen LogP contribution in [0.1, 0.15) is 38.8 Å². The van der Waals surface area contributed by atoms with Gasteiger partial charge >= 0.3 is 0 Å². The van der Waals surface area contributed by atoms with Crippen LogP contribution in [0, 0.1) is 23.0 Å². The summed E-state index contributed by atoms with van der Waals surface area (Å²) in [6.07, 6.45) is 0.997. The largest absolute Gasteiger partial charge is 0.310 e. The van der Waals surface area contributed by atoms with Crippen LogP contribution in [0.4, 0.5) is 8.78 Å². The van der Waals surface area contributed by atoms with Crippen LogP contribution in [0.5, 0.6) is 0 Å². The van der Waals surface area contributed by atoms with Crippen LogP contribution in [0.15, 0.2) is 12.1 Å². The van der Waals surface area contributed by atoms with Crippen molar-refractivity contribution in [3.05, 3.63) is 34.4 Å². The molecular formula is C14H18ClF2N. The van der Waals surface area contributed by atoms with Crippen molar-refractivity contribution in [3.63, 3.8) is 0 Å². The monoisotopic (exact) mass is 273 g/mol. The average Bonchev–Trinajstić information content (AvgIpc) is 2.92. The Morgan fingerprint density at radius 1 is 1.44 bits per heavy atom. The van der Waals surface area contributed by atoms with Crippen molar-refractivity contribution >= 4 is 11.6 Å². The van der Waals surface area contributed by atoms with E-state index in [9.17, 15) is 8.78 Å². The Kier molecular flexibility index (Phi) is 3.65. The second kappa shape index (κ2) is 4.78. The van der Waals surface area contributed by atoms with Crippen molar-refractivity contribution in [2.45, 2.75) is 33.2 Å². The summed E-state index contributed by atoms with van der Waals surface area (Å²) < 4.78 is 27.4. The van der Waals surface area contributed by atoms with Crippen LogP contribution in [0.3, 0.4) is 0 Å². The van der Waals surface area contributed by atoms with E-state index >= 15 is 0 Å². The van der Waals surface area contributed by atoms with Crippen molar-refractivity contribution < 1.29 is 8.78 Å². The first kappa shape index (κ1) is 13.8. The lowest BCUT2D eigenvalue weighted by Crippen LogP contribution is -2.26. The Labute approximate surface area is 112 Å². The van der Waals surface area contributed by atoms with Gasteiger partial charge in [0.15, 0.2) is 11.6 Å². The molecule has 1 aromatic carbocycles. The smallest absolute Gasteiger partial charge is 0.165 e. The van der Waals surface area contributed by atoms with Gasteiger partial charge in [-0.1, -0.05) is 32.4 Å². The molecule has 1 fully saturated rings. The molecule has 1 N–H and O–H groups in total. The minimum atomic E-state index is -0.837. The maximum absolute atomic E-state index is 14.0. The summed E-state index contributed by atoms with van der Waals surface area (Å²) in [5, 5.41) is 3.53. The summed E-state index contributed by atoms with van der Waals surface area (Å²) in [5.74, 6) is -1.36. The van der Waals surface area contributed by atoms with Gasteiger partial charge in [0, 0.05) is 16.6 Å². The predicted molar refractivity (Wildman–Crippen MR) is 69.7 cm³/mol. The zero-order chi connectivity index (χ0) is 13.5. The van der Waals surface area contributed by atoms with E-state index in [-0.39, 0.29) is 17.0 Å². The number of rotatable bonds is 4. The Bertz CT molecular complexity index is 459. The first-order chi connectivity index (χ1) is 8.38. The molecule has 0 aromatic heterocycles. The number of halogens is 3. The molecule has 1 nitrogen and oxygen atoms in total. The summed E-state index contributed by atoms with van der Waals surface area (Å²) in [6.45, 7) is 6.91. The minimum Gasteiger partial charge on any atom is -0.310 e. The van der Waals surface area contributed by atoms with E-state index < -0.39 is 11.6 Å². The molecule has 2 unspecified atom stereocenters. The molecule has 2 atom stereocenters. The second-order valence-electron chi connectivity index (χ2n) is 5.59. The summed E-state index contributed by atoms with van der Waals surface area (Å²) >= 11 is 6.05. The maximum atomic E-state index is 14.0. The minimum absolute atomic E-state index is 0.162. The summed E-state index contributed by atoms with van der Waals surface area (Å²) in [6, 6.07) is 2.28. The molecule has 0 heterocycles. The molecule has 18 heavy (non-hydrogen) atoms. The molecule has 1 aliphatic carbocycles. The van der Waals surface area contributed by atoms with Gasteiger partial charge in [0.05, 0.1) is 0 Å². The van der Waals surface area contributed by atoms with Gasteiger partial charge in [0.2, 0.25) is 0 Å². The van der Waals surface area contributed by atoms with Crippen molar-refractivity contribution in [2.75, 3.05) is 6.54 Å².